The van der Waals surface area contributed by atoms with Crippen molar-refractivity contribution in [1.82, 2.24) is 29.3 Å². The first-order valence-corrected chi connectivity index (χ1v) is 13.0. The fourth-order valence-electron chi connectivity index (χ4n) is 8.52. The van der Waals surface area contributed by atoms with Gasteiger partial charge in [-0.05, 0) is 74.0 Å². The Morgan fingerprint density at radius 2 is 1.62 bits per heavy atom. The number of fused-ring (bicyclic) bond motifs is 1. The van der Waals surface area contributed by atoms with E-state index >= 15 is 0 Å². The van der Waals surface area contributed by atoms with Crippen molar-refractivity contribution in [3.05, 3.63) is 55.0 Å². The summed E-state index contributed by atoms with van der Waals surface area (Å²) in [6.45, 7) is 6.71. The van der Waals surface area contributed by atoms with E-state index in [2.05, 4.69) is 44.4 Å². The normalized spacial score (nSPS) is 32.1. The van der Waals surface area contributed by atoms with Crippen molar-refractivity contribution in [2.75, 3.05) is 10.6 Å². The fraction of sp³-hybridized carbons (Fsp3) is 0.464. The molecule has 0 amide bonds. The molecule has 0 aromatic carbocycles. The maximum Gasteiger partial charge on any atom is 0.223 e. The van der Waals surface area contributed by atoms with E-state index < -0.39 is 5.60 Å². The number of hydrogen-bond acceptors (Lipinski definition) is 8. The fourth-order valence-corrected chi connectivity index (χ4v) is 8.52. The van der Waals surface area contributed by atoms with Crippen LogP contribution in [-0.4, -0.2) is 45.6 Å². The highest BCUT2D eigenvalue weighted by molar-refractivity contribution is 5.67. The molecular formula is C28H32N8O. The molecule has 37 heavy (non-hydrogen) atoms. The van der Waals surface area contributed by atoms with E-state index in [1.54, 1.807) is 12.4 Å². The second-order valence-electron chi connectivity index (χ2n) is 12.6. The first kappa shape index (κ1) is 22.6. The Kier molecular flexibility index (Phi) is 4.56. The van der Waals surface area contributed by atoms with E-state index in [-0.39, 0.29) is 16.4 Å². The van der Waals surface area contributed by atoms with Crippen LogP contribution in [0.1, 0.15) is 57.9 Å². The highest BCUT2D eigenvalue weighted by Crippen LogP contribution is 2.68. The predicted molar refractivity (Wildman–Crippen MR) is 141 cm³/mol. The van der Waals surface area contributed by atoms with Crippen LogP contribution in [0.2, 0.25) is 0 Å². The number of anilines is 3. The molecule has 4 heterocycles. The molecule has 0 saturated heterocycles. The van der Waals surface area contributed by atoms with Crippen molar-refractivity contribution in [1.29, 1.82) is 0 Å². The van der Waals surface area contributed by atoms with Gasteiger partial charge in [0.2, 0.25) is 5.95 Å². The first-order valence-electron chi connectivity index (χ1n) is 13.0. The van der Waals surface area contributed by atoms with Crippen LogP contribution in [0.15, 0.2) is 49.4 Å². The van der Waals surface area contributed by atoms with Crippen LogP contribution in [0.25, 0.3) is 17.0 Å². The number of hydrogen-bond donors (Lipinski definition) is 3. The number of aromatic nitrogens is 6. The highest BCUT2D eigenvalue weighted by atomic mass is 16.3. The predicted octanol–water partition coefficient (Wildman–Crippen LogP) is 4.91. The third-order valence-corrected chi connectivity index (χ3v) is 8.51. The van der Waals surface area contributed by atoms with Crippen LogP contribution in [0.3, 0.4) is 0 Å². The van der Waals surface area contributed by atoms with Crippen LogP contribution < -0.4 is 10.6 Å². The molecule has 4 aromatic heterocycles. The summed E-state index contributed by atoms with van der Waals surface area (Å²) in [6, 6.07) is 3.96. The lowest BCUT2D eigenvalue weighted by Crippen LogP contribution is -2.67. The average Bonchev–Trinajstić information content (AvgIpc) is 3.21. The molecule has 8 rings (SSSR count). The molecule has 4 aliphatic rings. The van der Waals surface area contributed by atoms with Crippen LogP contribution in [0, 0.1) is 17.8 Å². The number of nitrogens with zero attached hydrogens (tertiary/aromatic N) is 6. The molecule has 4 bridgehead atoms. The molecule has 0 spiro atoms. The Balaban J connectivity index is 1.23. The average molecular weight is 497 g/mol. The van der Waals surface area contributed by atoms with Crippen molar-refractivity contribution >= 4 is 23.0 Å². The highest BCUT2D eigenvalue weighted by Gasteiger charge is 2.65. The van der Waals surface area contributed by atoms with Crippen molar-refractivity contribution in [2.45, 2.75) is 70.4 Å². The molecule has 4 aliphatic carbocycles. The summed E-state index contributed by atoms with van der Waals surface area (Å²) in [7, 11) is 0. The van der Waals surface area contributed by atoms with Crippen molar-refractivity contribution in [2.24, 2.45) is 10.8 Å². The number of aliphatic hydroxyl groups is 1. The Labute approximate surface area is 215 Å². The molecule has 4 aromatic rings. The second kappa shape index (κ2) is 7.47. The van der Waals surface area contributed by atoms with Gasteiger partial charge in [0, 0.05) is 17.9 Å². The summed E-state index contributed by atoms with van der Waals surface area (Å²) >= 11 is 0. The van der Waals surface area contributed by atoms with Gasteiger partial charge in [-0.25, -0.2) is 24.9 Å². The van der Waals surface area contributed by atoms with Crippen molar-refractivity contribution < 1.29 is 5.11 Å². The number of imidazole rings is 1. The van der Waals surface area contributed by atoms with E-state index in [4.69, 9.17) is 4.98 Å². The van der Waals surface area contributed by atoms with Crippen molar-refractivity contribution in [3.63, 3.8) is 0 Å². The molecule has 3 N–H and O–H groups in total. The summed E-state index contributed by atoms with van der Waals surface area (Å²) in [5, 5.41) is 18.6. The van der Waals surface area contributed by atoms with Gasteiger partial charge >= 0.3 is 0 Å². The summed E-state index contributed by atoms with van der Waals surface area (Å²) in [6.07, 6.45) is 16.5. The van der Waals surface area contributed by atoms with Gasteiger partial charge in [-0.15, -0.1) is 0 Å². The largest absolute Gasteiger partial charge is 0.390 e. The minimum absolute atomic E-state index is 0.146. The quantitative estimate of drug-likeness (QED) is 0.357. The monoisotopic (exact) mass is 496 g/mol. The molecule has 4 saturated carbocycles. The molecule has 4 atom stereocenters. The number of nitrogens with one attached hydrogen (secondary N) is 2. The third kappa shape index (κ3) is 3.83. The van der Waals surface area contributed by atoms with Gasteiger partial charge in [0.05, 0.1) is 47.0 Å². The van der Waals surface area contributed by atoms with E-state index in [9.17, 15) is 5.11 Å². The van der Waals surface area contributed by atoms with Gasteiger partial charge < -0.3 is 15.7 Å². The third-order valence-electron chi connectivity index (χ3n) is 8.51. The summed E-state index contributed by atoms with van der Waals surface area (Å²) < 4.78 is 2.04. The zero-order valence-electron chi connectivity index (χ0n) is 21.5. The molecule has 4 fully saturated rings. The van der Waals surface area contributed by atoms with E-state index in [0.29, 0.717) is 5.95 Å². The molecule has 9 heteroatoms. The number of aryl methyl sites for hydroxylation is 1. The van der Waals surface area contributed by atoms with Gasteiger partial charge in [-0.3, -0.25) is 4.40 Å². The molecule has 0 radical (unpaired) electrons. The maximum atomic E-state index is 11.5. The first-order chi connectivity index (χ1) is 17.6. The number of pyridine rings is 1. The van der Waals surface area contributed by atoms with Gasteiger partial charge in [-0.1, -0.05) is 13.8 Å². The number of rotatable bonds is 5. The maximum absolute atomic E-state index is 11.5. The minimum Gasteiger partial charge on any atom is -0.390 e. The van der Waals surface area contributed by atoms with Gasteiger partial charge in [0.25, 0.3) is 0 Å². The van der Waals surface area contributed by atoms with Crippen LogP contribution >= 0.6 is 0 Å². The molecule has 0 aliphatic heterocycles. The molecule has 9 nitrogen and oxygen atoms in total. The zero-order chi connectivity index (χ0) is 25.5. The second-order valence-corrected chi connectivity index (χ2v) is 12.6. The zero-order valence-corrected chi connectivity index (χ0v) is 21.5. The molecule has 0 unspecified atom stereocenters. The van der Waals surface area contributed by atoms with Crippen LogP contribution in [0.5, 0.6) is 0 Å². The van der Waals surface area contributed by atoms with Crippen LogP contribution in [-0.2, 0) is 0 Å². The summed E-state index contributed by atoms with van der Waals surface area (Å²) in [5.74, 6) is 0.615. The van der Waals surface area contributed by atoms with Crippen molar-refractivity contribution in [3.8, 4) is 11.4 Å². The standard InChI is InChI=1S/C28H32N8O/c1-18-6-32-24(35-27-12-25(2)11-26(3,13-27)15-28(37,14-25)16-27)34-23(18)21-9-31-22-5-4-19(10-36(21)22)33-20-7-29-17-30-8-20/h4-10,17,33,37H,11-16H2,1-3H3,(H,32,34,35)/t25-,26+,27+,28-. The van der Waals surface area contributed by atoms with Gasteiger partial charge in [-0.2, -0.15) is 0 Å². The Hall–Kier alpha value is -3.59. The van der Waals surface area contributed by atoms with Gasteiger partial charge in [0.15, 0.2) is 0 Å². The summed E-state index contributed by atoms with van der Waals surface area (Å²) in [5.41, 5.74) is 4.76. The Morgan fingerprint density at radius 3 is 2.35 bits per heavy atom. The lowest BCUT2D eigenvalue weighted by Gasteiger charge is -2.68. The SMILES string of the molecule is Cc1cnc(N[C@]23C[C@@]4(C)C[C@](C)(C[C@](O)(C4)C2)C3)nc1-c1cnc2ccc(Nc3cncnc3)cn12. The van der Waals surface area contributed by atoms with Crippen LogP contribution in [0.4, 0.5) is 17.3 Å². The molecular weight excluding hydrogens is 464 g/mol. The van der Waals surface area contributed by atoms with E-state index in [0.717, 1.165) is 66.1 Å². The Morgan fingerprint density at radius 1 is 0.865 bits per heavy atom. The van der Waals surface area contributed by atoms with Gasteiger partial charge in [0.1, 0.15) is 12.0 Å². The molecule has 190 valence electrons. The smallest absolute Gasteiger partial charge is 0.223 e. The Bertz CT molecular complexity index is 1460. The topological polar surface area (TPSA) is 113 Å². The minimum atomic E-state index is -0.604. The lowest BCUT2D eigenvalue weighted by molar-refractivity contribution is -0.192. The lowest BCUT2D eigenvalue weighted by atomic mass is 9.41. The van der Waals surface area contributed by atoms with E-state index in [1.807, 2.05) is 42.0 Å². The van der Waals surface area contributed by atoms with E-state index in [1.165, 1.54) is 12.7 Å². The summed E-state index contributed by atoms with van der Waals surface area (Å²) in [4.78, 5) is 22.5.